The molecule has 0 bridgehead atoms. The summed E-state index contributed by atoms with van der Waals surface area (Å²) < 4.78 is 0. The molecule has 1 aliphatic rings. The van der Waals surface area contributed by atoms with Crippen LogP contribution in [0.2, 0.25) is 0 Å². The van der Waals surface area contributed by atoms with Crippen LogP contribution in [0.5, 0.6) is 0 Å². The highest BCUT2D eigenvalue weighted by atomic mass is 32.1. The highest BCUT2D eigenvalue weighted by Gasteiger charge is 2.24. The number of nitrogens with one attached hydrogen (secondary N) is 1. The maximum Gasteiger partial charge on any atom is 0.252 e. The van der Waals surface area contributed by atoms with Gasteiger partial charge >= 0.3 is 0 Å². The third-order valence-corrected chi connectivity index (χ3v) is 6.17. The molecule has 2 aromatic heterocycles. The summed E-state index contributed by atoms with van der Waals surface area (Å²) in [5.41, 5.74) is 2.43. The molecule has 4 aromatic rings. The molecule has 0 radical (unpaired) electrons. The summed E-state index contributed by atoms with van der Waals surface area (Å²) in [6.45, 7) is 1.83. The number of hydrogen-bond donors (Lipinski definition) is 1. The lowest BCUT2D eigenvalue weighted by atomic mass is 10.00. The van der Waals surface area contributed by atoms with Crippen LogP contribution < -0.4 is 10.2 Å². The maximum absolute atomic E-state index is 13.3. The Hall–Kier alpha value is -2.99. The summed E-state index contributed by atoms with van der Waals surface area (Å²) >= 11 is 1.66. The van der Waals surface area contributed by atoms with Crippen LogP contribution >= 0.6 is 11.3 Å². The van der Waals surface area contributed by atoms with E-state index in [1.807, 2.05) is 60.1 Å². The van der Waals surface area contributed by atoms with Crippen molar-refractivity contribution >= 4 is 44.2 Å². The van der Waals surface area contributed by atoms with Crippen molar-refractivity contribution in [2.75, 3.05) is 18.0 Å². The van der Waals surface area contributed by atoms with Gasteiger partial charge in [-0.3, -0.25) is 4.79 Å². The molecule has 2 aromatic carbocycles. The topological polar surface area (TPSA) is 58.1 Å². The molecule has 0 atom stereocenters. The van der Waals surface area contributed by atoms with Crippen molar-refractivity contribution in [1.29, 1.82) is 0 Å². The average molecular weight is 388 g/mol. The van der Waals surface area contributed by atoms with E-state index in [1.54, 1.807) is 11.3 Å². The number of thiazole rings is 1. The Balaban J connectivity index is 1.41. The minimum Gasteiger partial charge on any atom is -0.349 e. The van der Waals surface area contributed by atoms with Crippen LogP contribution in [0.3, 0.4) is 0 Å². The van der Waals surface area contributed by atoms with Crippen molar-refractivity contribution < 1.29 is 4.79 Å². The summed E-state index contributed by atoms with van der Waals surface area (Å²) in [5.74, 6) is -0.0116. The first kappa shape index (κ1) is 17.1. The molecule has 1 aliphatic heterocycles. The van der Waals surface area contributed by atoms with Crippen LogP contribution in [0.1, 0.15) is 23.2 Å². The van der Waals surface area contributed by atoms with E-state index in [-0.39, 0.29) is 11.9 Å². The molecule has 1 N–H and O–H groups in total. The van der Waals surface area contributed by atoms with E-state index in [2.05, 4.69) is 15.2 Å². The molecule has 1 saturated heterocycles. The number of piperidine rings is 1. The number of fused-ring (bicyclic) bond motifs is 2. The number of para-hydroxylation sites is 2. The van der Waals surface area contributed by atoms with Crippen molar-refractivity contribution in [3.63, 3.8) is 0 Å². The molecule has 0 aliphatic carbocycles. The van der Waals surface area contributed by atoms with E-state index < -0.39 is 0 Å². The largest absolute Gasteiger partial charge is 0.349 e. The molecule has 3 heterocycles. The molecular weight excluding hydrogens is 368 g/mol. The van der Waals surface area contributed by atoms with Gasteiger partial charge in [-0.2, -0.15) is 0 Å². The third-order valence-electron chi connectivity index (χ3n) is 5.33. The van der Waals surface area contributed by atoms with Crippen molar-refractivity contribution in [2.45, 2.75) is 18.9 Å². The summed E-state index contributed by atoms with van der Waals surface area (Å²) in [7, 11) is 0. The van der Waals surface area contributed by atoms with Gasteiger partial charge in [0.05, 0.1) is 16.6 Å². The van der Waals surface area contributed by atoms with E-state index in [1.165, 1.54) is 0 Å². The number of hydrogen-bond acceptors (Lipinski definition) is 5. The average Bonchev–Trinajstić information content (AvgIpc) is 3.27. The van der Waals surface area contributed by atoms with Crippen LogP contribution in [-0.2, 0) is 0 Å². The molecule has 1 fully saturated rings. The number of carbonyl (C=O) groups is 1. The predicted molar refractivity (Wildman–Crippen MR) is 114 cm³/mol. The zero-order valence-corrected chi connectivity index (χ0v) is 16.2. The maximum atomic E-state index is 13.3. The fourth-order valence-electron chi connectivity index (χ4n) is 3.93. The summed E-state index contributed by atoms with van der Waals surface area (Å²) in [4.78, 5) is 24.7. The third kappa shape index (κ3) is 3.10. The fraction of sp³-hybridized carbons (Fsp3) is 0.227. The highest BCUT2D eigenvalue weighted by Crippen LogP contribution is 2.27. The second-order valence-corrected chi connectivity index (χ2v) is 7.94. The summed E-state index contributed by atoms with van der Waals surface area (Å²) in [6.07, 6.45) is 3.69. The fourth-order valence-corrected chi connectivity index (χ4v) is 4.63. The zero-order valence-electron chi connectivity index (χ0n) is 15.3. The van der Waals surface area contributed by atoms with Gasteiger partial charge in [-0.05, 0) is 25.0 Å². The first-order valence-electron chi connectivity index (χ1n) is 9.52. The Bertz CT molecular complexity index is 1080. The highest BCUT2D eigenvalue weighted by molar-refractivity contribution is 7.13. The lowest BCUT2D eigenvalue weighted by Gasteiger charge is -2.32. The number of nitrogens with zero attached hydrogens (tertiary/aromatic N) is 3. The first-order chi connectivity index (χ1) is 13.8. The van der Waals surface area contributed by atoms with Crippen LogP contribution in [0.4, 0.5) is 5.13 Å². The SMILES string of the molecule is O=C(NC1CCN(c2nccs2)CC1)c1c2ccccc2nc2ccccc12. The molecule has 0 saturated carbocycles. The Kier molecular flexibility index (Phi) is 4.41. The van der Waals surface area contributed by atoms with Gasteiger partial charge in [0, 0.05) is 41.5 Å². The second kappa shape index (κ2) is 7.20. The lowest BCUT2D eigenvalue weighted by Crippen LogP contribution is -2.44. The minimum atomic E-state index is -0.0116. The van der Waals surface area contributed by atoms with Gasteiger partial charge in [0.15, 0.2) is 5.13 Å². The number of amides is 1. The quantitative estimate of drug-likeness (QED) is 0.533. The molecule has 28 heavy (non-hydrogen) atoms. The molecule has 0 spiro atoms. The normalized spacial score (nSPS) is 15.2. The van der Waals surface area contributed by atoms with E-state index in [4.69, 9.17) is 4.98 Å². The van der Waals surface area contributed by atoms with Gasteiger partial charge in [0.25, 0.3) is 5.91 Å². The van der Waals surface area contributed by atoms with E-state index >= 15 is 0 Å². The van der Waals surface area contributed by atoms with Crippen molar-refractivity contribution in [2.24, 2.45) is 0 Å². The Morgan fingerprint density at radius 1 is 1.00 bits per heavy atom. The minimum absolute atomic E-state index is 0.0116. The van der Waals surface area contributed by atoms with Crippen LogP contribution in [0.25, 0.3) is 21.8 Å². The Labute approximate surface area is 167 Å². The number of carbonyl (C=O) groups excluding carboxylic acids is 1. The molecular formula is C22H20N4OS. The molecule has 6 heteroatoms. The van der Waals surface area contributed by atoms with Gasteiger partial charge < -0.3 is 10.2 Å². The van der Waals surface area contributed by atoms with Gasteiger partial charge in [-0.15, -0.1) is 11.3 Å². The lowest BCUT2D eigenvalue weighted by molar-refractivity contribution is 0.0934. The molecule has 140 valence electrons. The van der Waals surface area contributed by atoms with Crippen LogP contribution in [0.15, 0.2) is 60.1 Å². The van der Waals surface area contributed by atoms with Gasteiger partial charge in [0.1, 0.15) is 0 Å². The predicted octanol–water partition coefficient (Wildman–Crippen LogP) is 4.24. The summed E-state index contributed by atoms with van der Waals surface area (Å²) in [6, 6.07) is 15.9. The smallest absolute Gasteiger partial charge is 0.252 e. The standard InChI is InChI=1S/C22H20N4OS/c27-21(24-15-9-12-26(13-10-15)22-23-11-14-28-22)20-16-5-1-3-7-18(16)25-19-8-4-2-6-17(19)20/h1-8,11,14-15H,9-10,12-13H2,(H,24,27). The molecule has 1 amide bonds. The monoisotopic (exact) mass is 388 g/mol. The van der Waals surface area contributed by atoms with Crippen molar-refractivity contribution in [3.05, 3.63) is 65.7 Å². The van der Waals surface area contributed by atoms with Crippen molar-refractivity contribution in [1.82, 2.24) is 15.3 Å². The van der Waals surface area contributed by atoms with Crippen LogP contribution in [0, 0.1) is 0 Å². The van der Waals surface area contributed by atoms with E-state index in [0.717, 1.165) is 58.4 Å². The number of aromatic nitrogens is 2. The number of benzene rings is 2. The van der Waals surface area contributed by atoms with Gasteiger partial charge in [-0.25, -0.2) is 9.97 Å². The van der Waals surface area contributed by atoms with Gasteiger partial charge in [-0.1, -0.05) is 36.4 Å². The van der Waals surface area contributed by atoms with Crippen molar-refractivity contribution in [3.8, 4) is 0 Å². The summed E-state index contributed by atoms with van der Waals surface area (Å²) in [5, 5.41) is 8.15. The Morgan fingerprint density at radius 3 is 2.25 bits per heavy atom. The van der Waals surface area contributed by atoms with E-state index in [9.17, 15) is 4.79 Å². The second-order valence-electron chi connectivity index (χ2n) is 7.07. The first-order valence-corrected chi connectivity index (χ1v) is 10.4. The molecule has 5 rings (SSSR count). The number of pyridine rings is 1. The zero-order chi connectivity index (χ0) is 18.9. The van der Waals surface area contributed by atoms with Crippen LogP contribution in [-0.4, -0.2) is 35.0 Å². The number of rotatable bonds is 3. The van der Waals surface area contributed by atoms with E-state index in [0.29, 0.717) is 0 Å². The van der Waals surface area contributed by atoms with Gasteiger partial charge in [0.2, 0.25) is 0 Å². The Morgan fingerprint density at radius 2 is 1.64 bits per heavy atom. The molecule has 0 unspecified atom stereocenters. The molecule has 5 nitrogen and oxygen atoms in total. The number of anilines is 1.